The normalized spacial score (nSPS) is 11.3. The van der Waals surface area contributed by atoms with Crippen LogP contribution < -0.4 is 4.40 Å². The predicted octanol–water partition coefficient (Wildman–Crippen LogP) is 2.65. The van der Waals surface area contributed by atoms with E-state index in [1.807, 2.05) is 29.7 Å². The summed E-state index contributed by atoms with van der Waals surface area (Å²) in [4.78, 5) is 0.904. The molecule has 0 unspecified atom stereocenters. The van der Waals surface area contributed by atoms with Gasteiger partial charge in [-0.15, -0.1) is 4.40 Å². The van der Waals surface area contributed by atoms with Crippen molar-refractivity contribution in [2.75, 3.05) is 0 Å². The van der Waals surface area contributed by atoms with Crippen LogP contribution in [0.25, 0.3) is 15.0 Å². The Kier molecular flexibility index (Phi) is 1.70. The largest absolute Gasteiger partial charge is 0.502 e. The number of hydrogen-bond acceptors (Lipinski definition) is 2. The molecule has 0 radical (unpaired) electrons. The van der Waals surface area contributed by atoms with E-state index in [9.17, 15) is 5.11 Å². The number of nitrogens with zero attached hydrogens (tertiary/aromatic N) is 1. The third-order valence-corrected chi connectivity index (χ3v) is 3.63. The van der Waals surface area contributed by atoms with Gasteiger partial charge in [0.1, 0.15) is 4.70 Å². The fraction of sp³-hybridized carbons (Fsp3) is 0.0833. The van der Waals surface area contributed by atoms with Gasteiger partial charge in [0.05, 0.1) is 0 Å². The summed E-state index contributed by atoms with van der Waals surface area (Å²) in [5.41, 5.74) is 2.21. The monoisotopic (exact) mass is 216 g/mol. The molecule has 0 amide bonds. The lowest BCUT2D eigenvalue weighted by atomic mass is 10.3. The number of aryl methyl sites for hydroxylation is 1. The van der Waals surface area contributed by atoms with Crippen LogP contribution in [-0.2, 0) is 0 Å². The van der Waals surface area contributed by atoms with Gasteiger partial charge in [0.25, 0.3) is 0 Å². The van der Waals surface area contributed by atoms with E-state index in [2.05, 4.69) is 12.1 Å². The van der Waals surface area contributed by atoms with Crippen LogP contribution >= 0.6 is 11.3 Å². The van der Waals surface area contributed by atoms with Gasteiger partial charge < -0.3 is 5.11 Å². The number of pyridine rings is 1. The number of thiazole rings is 1. The number of aromatic nitrogens is 1. The van der Waals surface area contributed by atoms with E-state index in [4.69, 9.17) is 0 Å². The molecule has 0 fully saturated rings. The van der Waals surface area contributed by atoms with Gasteiger partial charge in [-0.1, -0.05) is 23.5 Å². The Balaban J connectivity index is 2.61. The molecule has 0 atom stereocenters. The van der Waals surface area contributed by atoms with Crippen molar-refractivity contribution in [3.8, 4) is 5.75 Å². The lowest BCUT2D eigenvalue weighted by Gasteiger charge is -1.90. The van der Waals surface area contributed by atoms with Crippen molar-refractivity contribution in [2.24, 2.45) is 0 Å². The molecule has 1 N–H and O–H groups in total. The Hall–Kier alpha value is -1.61. The molecule has 1 aromatic carbocycles. The molecule has 0 aliphatic rings. The van der Waals surface area contributed by atoms with Crippen LogP contribution in [-0.4, -0.2) is 5.11 Å². The van der Waals surface area contributed by atoms with Crippen LogP contribution in [0.1, 0.15) is 5.56 Å². The van der Waals surface area contributed by atoms with Crippen molar-refractivity contribution in [3.05, 3.63) is 42.1 Å². The van der Waals surface area contributed by atoms with Crippen molar-refractivity contribution in [2.45, 2.75) is 6.92 Å². The summed E-state index contributed by atoms with van der Waals surface area (Å²) in [5, 5.41) is 9.84. The van der Waals surface area contributed by atoms with E-state index in [0.29, 0.717) is 5.75 Å². The van der Waals surface area contributed by atoms with Gasteiger partial charge in [0.2, 0.25) is 11.3 Å². The molecule has 0 spiro atoms. The summed E-state index contributed by atoms with van der Waals surface area (Å²) in [7, 11) is 0. The summed E-state index contributed by atoms with van der Waals surface area (Å²) in [6.07, 6.45) is 2.05. The molecular formula is C12H10NOS+. The minimum Gasteiger partial charge on any atom is -0.502 e. The molecule has 2 heterocycles. The molecule has 2 nitrogen and oxygen atoms in total. The van der Waals surface area contributed by atoms with E-state index >= 15 is 0 Å². The number of rotatable bonds is 0. The van der Waals surface area contributed by atoms with Crippen molar-refractivity contribution in [1.82, 2.24) is 0 Å². The standard InChI is InChI=1S/C12H9NOS/c1-8-6-10(14)12-13(7-8)9-4-2-3-5-11(9)15-12/h2-7H,1H3/p+1. The van der Waals surface area contributed by atoms with Crippen molar-refractivity contribution in [1.29, 1.82) is 0 Å². The molecule has 0 bridgehead atoms. The van der Waals surface area contributed by atoms with Crippen molar-refractivity contribution < 1.29 is 9.51 Å². The number of para-hydroxylation sites is 1. The molecule has 0 saturated heterocycles. The van der Waals surface area contributed by atoms with Gasteiger partial charge in [0.15, 0.2) is 6.20 Å². The zero-order valence-corrected chi connectivity index (χ0v) is 9.08. The summed E-state index contributed by atoms with van der Waals surface area (Å²) in [6.45, 7) is 1.98. The number of benzene rings is 1. The lowest BCUT2D eigenvalue weighted by molar-refractivity contribution is -0.478. The minimum absolute atomic E-state index is 0.358. The van der Waals surface area contributed by atoms with E-state index in [-0.39, 0.29) is 0 Å². The van der Waals surface area contributed by atoms with Gasteiger partial charge in [-0.25, -0.2) is 0 Å². The number of fused-ring (bicyclic) bond motifs is 3. The van der Waals surface area contributed by atoms with Gasteiger partial charge >= 0.3 is 4.83 Å². The Morgan fingerprint density at radius 2 is 2.07 bits per heavy atom. The zero-order chi connectivity index (χ0) is 10.4. The minimum atomic E-state index is 0.358. The average molecular weight is 216 g/mol. The van der Waals surface area contributed by atoms with Gasteiger partial charge in [-0.3, -0.25) is 0 Å². The first kappa shape index (κ1) is 8.68. The highest BCUT2D eigenvalue weighted by Crippen LogP contribution is 2.27. The first-order chi connectivity index (χ1) is 7.25. The third-order valence-electron chi connectivity index (χ3n) is 2.47. The predicted molar refractivity (Wildman–Crippen MR) is 61.4 cm³/mol. The van der Waals surface area contributed by atoms with E-state index in [0.717, 1.165) is 15.9 Å². The molecule has 3 aromatic rings. The third kappa shape index (κ3) is 1.20. The van der Waals surface area contributed by atoms with E-state index in [1.54, 1.807) is 17.4 Å². The maximum absolute atomic E-state index is 9.84. The maximum atomic E-state index is 9.84. The van der Waals surface area contributed by atoms with Crippen LogP contribution in [0.2, 0.25) is 0 Å². The molecule has 74 valence electrons. The van der Waals surface area contributed by atoms with Crippen LogP contribution in [0.3, 0.4) is 0 Å². The molecule has 3 heteroatoms. The highest BCUT2D eigenvalue weighted by atomic mass is 32.1. The molecule has 0 aliphatic carbocycles. The first-order valence-corrected chi connectivity index (χ1v) is 5.60. The van der Waals surface area contributed by atoms with Crippen molar-refractivity contribution in [3.63, 3.8) is 0 Å². The molecule has 0 saturated carbocycles. The second-order valence-corrected chi connectivity index (χ2v) is 4.68. The molecule has 2 aromatic heterocycles. The second kappa shape index (κ2) is 2.94. The molecule has 15 heavy (non-hydrogen) atoms. The molecular weight excluding hydrogens is 206 g/mol. The molecule has 0 aliphatic heterocycles. The lowest BCUT2D eigenvalue weighted by Crippen LogP contribution is -2.18. The maximum Gasteiger partial charge on any atom is 0.310 e. The van der Waals surface area contributed by atoms with Crippen LogP contribution in [0.4, 0.5) is 0 Å². The van der Waals surface area contributed by atoms with E-state index in [1.165, 1.54) is 4.70 Å². The topological polar surface area (TPSA) is 24.3 Å². The summed E-state index contributed by atoms with van der Waals surface area (Å²) >= 11 is 1.61. The average Bonchev–Trinajstić information content (AvgIpc) is 2.57. The quantitative estimate of drug-likeness (QED) is 0.574. The van der Waals surface area contributed by atoms with Gasteiger partial charge in [-0.05, 0) is 19.1 Å². The van der Waals surface area contributed by atoms with E-state index < -0.39 is 0 Å². The van der Waals surface area contributed by atoms with Gasteiger partial charge in [-0.2, -0.15) is 0 Å². The van der Waals surface area contributed by atoms with Crippen LogP contribution in [0.15, 0.2) is 36.5 Å². The Labute approximate surface area is 91.0 Å². The Morgan fingerprint density at radius 1 is 1.27 bits per heavy atom. The Morgan fingerprint density at radius 3 is 2.93 bits per heavy atom. The fourth-order valence-electron chi connectivity index (χ4n) is 1.83. The van der Waals surface area contributed by atoms with Crippen LogP contribution in [0.5, 0.6) is 5.75 Å². The summed E-state index contributed by atoms with van der Waals surface area (Å²) in [5.74, 6) is 0.358. The number of hydrogen-bond donors (Lipinski definition) is 1. The highest BCUT2D eigenvalue weighted by molar-refractivity contribution is 7.23. The zero-order valence-electron chi connectivity index (χ0n) is 8.27. The number of aromatic hydroxyl groups is 1. The fourth-order valence-corrected chi connectivity index (χ4v) is 2.87. The SMILES string of the molecule is Cc1cc(O)c2sc3ccccc3[n+]2c1. The van der Waals surface area contributed by atoms with Crippen LogP contribution in [0, 0.1) is 6.92 Å². The highest BCUT2D eigenvalue weighted by Gasteiger charge is 2.16. The summed E-state index contributed by atoms with van der Waals surface area (Å²) in [6, 6.07) is 9.97. The smallest absolute Gasteiger partial charge is 0.310 e. The van der Waals surface area contributed by atoms with Crippen molar-refractivity contribution >= 4 is 26.4 Å². The summed E-state index contributed by atoms with van der Waals surface area (Å²) < 4.78 is 3.24. The Bertz CT molecular complexity index is 657. The first-order valence-electron chi connectivity index (χ1n) is 4.78. The molecule has 3 rings (SSSR count). The van der Waals surface area contributed by atoms with Gasteiger partial charge in [0, 0.05) is 11.6 Å². The second-order valence-electron chi connectivity index (χ2n) is 3.65.